The van der Waals surface area contributed by atoms with Crippen LogP contribution in [-0.2, 0) is 0 Å². The third-order valence-electron chi connectivity index (χ3n) is 4.20. The summed E-state index contributed by atoms with van der Waals surface area (Å²) >= 11 is 1.50. The van der Waals surface area contributed by atoms with E-state index >= 15 is 0 Å². The molecule has 0 saturated heterocycles. The van der Waals surface area contributed by atoms with Crippen LogP contribution in [0.1, 0.15) is 52.3 Å². The van der Waals surface area contributed by atoms with Crippen molar-refractivity contribution < 1.29 is 9.53 Å². The van der Waals surface area contributed by atoms with E-state index in [0.717, 1.165) is 47.5 Å². The van der Waals surface area contributed by atoms with Crippen LogP contribution >= 0.6 is 11.3 Å². The van der Waals surface area contributed by atoms with Gasteiger partial charge in [0.05, 0.1) is 4.88 Å². The van der Waals surface area contributed by atoms with Crippen LogP contribution in [0.4, 0.5) is 0 Å². The predicted molar refractivity (Wildman–Crippen MR) is 94.7 cm³/mol. The van der Waals surface area contributed by atoms with Crippen molar-refractivity contribution in [2.75, 3.05) is 0 Å². The summed E-state index contributed by atoms with van der Waals surface area (Å²) in [6.07, 6.45) is 3.79. The molecule has 0 aromatic carbocycles. The molecule has 2 aromatic heterocycles. The molecule has 3 rings (SSSR count). The Bertz CT molecular complexity index is 701. The first-order valence-electron chi connectivity index (χ1n) is 8.34. The molecule has 0 radical (unpaired) electrons. The Morgan fingerprint density at radius 1 is 1.12 bits per heavy atom. The number of carbonyl (C=O) groups excluding carboxylic acids is 1. The zero-order chi connectivity index (χ0) is 17.1. The Labute approximate surface area is 146 Å². The van der Waals surface area contributed by atoms with E-state index in [-0.39, 0.29) is 18.1 Å². The molecular formula is C18H23N3O2S. The largest absolute Gasteiger partial charge is 0.460 e. The molecule has 128 valence electrons. The second-order valence-electron chi connectivity index (χ2n) is 6.49. The van der Waals surface area contributed by atoms with Crippen LogP contribution in [0.25, 0.3) is 0 Å². The maximum absolute atomic E-state index is 12.2. The molecule has 0 atom stereocenters. The lowest BCUT2D eigenvalue weighted by Gasteiger charge is -2.28. The molecule has 0 spiro atoms. The number of carbonyl (C=O) groups is 1. The molecule has 2 heterocycles. The van der Waals surface area contributed by atoms with Crippen molar-refractivity contribution in [3.63, 3.8) is 0 Å². The highest BCUT2D eigenvalue weighted by Crippen LogP contribution is 2.23. The topological polar surface area (TPSA) is 64.1 Å². The standard InChI is InChI=1S/C18H23N3O2S/c1-11-8-16(24-10-11)17(22)21-14-4-6-15(7-5-14)23-18-19-12(2)9-13(3)20-18/h8-10,14-15H,4-7H2,1-3H3,(H,21,22). The third-order valence-corrected chi connectivity index (χ3v) is 5.24. The maximum atomic E-state index is 12.2. The van der Waals surface area contributed by atoms with E-state index in [2.05, 4.69) is 15.3 Å². The van der Waals surface area contributed by atoms with Crippen LogP contribution in [-0.4, -0.2) is 28.0 Å². The second kappa shape index (κ2) is 7.30. The van der Waals surface area contributed by atoms with Crippen molar-refractivity contribution in [2.24, 2.45) is 0 Å². The molecule has 1 fully saturated rings. The minimum Gasteiger partial charge on any atom is -0.460 e. The SMILES string of the molecule is Cc1csc(C(=O)NC2CCC(Oc3nc(C)cc(C)n3)CC2)c1. The molecule has 24 heavy (non-hydrogen) atoms. The molecular weight excluding hydrogens is 322 g/mol. The van der Waals surface area contributed by atoms with Crippen LogP contribution in [0.5, 0.6) is 6.01 Å². The quantitative estimate of drug-likeness (QED) is 0.920. The van der Waals surface area contributed by atoms with Crippen LogP contribution < -0.4 is 10.1 Å². The van der Waals surface area contributed by atoms with Gasteiger partial charge < -0.3 is 10.1 Å². The van der Waals surface area contributed by atoms with Gasteiger partial charge in [0.1, 0.15) is 6.10 Å². The van der Waals surface area contributed by atoms with Gasteiger partial charge in [-0.3, -0.25) is 4.79 Å². The number of amides is 1. The lowest BCUT2D eigenvalue weighted by atomic mass is 9.93. The Morgan fingerprint density at radius 3 is 2.38 bits per heavy atom. The highest BCUT2D eigenvalue weighted by Gasteiger charge is 2.25. The fourth-order valence-corrected chi connectivity index (χ4v) is 3.83. The molecule has 6 heteroatoms. The minimum atomic E-state index is 0.0371. The van der Waals surface area contributed by atoms with Crippen molar-refractivity contribution in [3.05, 3.63) is 39.3 Å². The van der Waals surface area contributed by atoms with Gasteiger partial charge in [-0.05, 0) is 69.5 Å². The van der Waals surface area contributed by atoms with Crippen molar-refractivity contribution in [2.45, 2.75) is 58.6 Å². The van der Waals surface area contributed by atoms with Crippen molar-refractivity contribution in [1.82, 2.24) is 15.3 Å². The van der Waals surface area contributed by atoms with Gasteiger partial charge in [0.25, 0.3) is 5.91 Å². The lowest BCUT2D eigenvalue weighted by molar-refractivity contribution is 0.0888. The van der Waals surface area contributed by atoms with Crippen LogP contribution in [0.3, 0.4) is 0 Å². The number of rotatable bonds is 4. The summed E-state index contributed by atoms with van der Waals surface area (Å²) in [6, 6.07) is 4.56. The van der Waals surface area contributed by atoms with Gasteiger partial charge in [-0.2, -0.15) is 0 Å². The van der Waals surface area contributed by atoms with Crippen LogP contribution in [0, 0.1) is 20.8 Å². The lowest BCUT2D eigenvalue weighted by Crippen LogP contribution is -2.39. The van der Waals surface area contributed by atoms with Crippen LogP contribution in [0.15, 0.2) is 17.5 Å². The molecule has 0 bridgehead atoms. The molecule has 5 nitrogen and oxygen atoms in total. The summed E-state index contributed by atoms with van der Waals surface area (Å²) in [6.45, 7) is 5.89. The highest BCUT2D eigenvalue weighted by atomic mass is 32.1. The summed E-state index contributed by atoms with van der Waals surface area (Å²) < 4.78 is 5.93. The van der Waals surface area contributed by atoms with Crippen LogP contribution in [0.2, 0.25) is 0 Å². The van der Waals surface area contributed by atoms with E-state index in [9.17, 15) is 4.79 Å². The number of ether oxygens (including phenoxy) is 1. The van der Waals surface area contributed by atoms with E-state index in [4.69, 9.17) is 4.74 Å². The normalized spacial score (nSPS) is 20.6. The number of thiophene rings is 1. The Hall–Kier alpha value is -1.95. The molecule has 0 unspecified atom stereocenters. The van der Waals surface area contributed by atoms with E-state index in [1.807, 2.05) is 38.3 Å². The monoisotopic (exact) mass is 345 g/mol. The van der Waals surface area contributed by atoms with Gasteiger partial charge >= 0.3 is 6.01 Å². The number of nitrogens with zero attached hydrogens (tertiary/aromatic N) is 2. The molecule has 1 saturated carbocycles. The summed E-state index contributed by atoms with van der Waals surface area (Å²) in [5, 5.41) is 5.14. The summed E-state index contributed by atoms with van der Waals surface area (Å²) in [5.74, 6) is 0.0371. The van der Waals surface area contributed by atoms with E-state index in [0.29, 0.717) is 6.01 Å². The zero-order valence-corrected chi connectivity index (χ0v) is 15.2. The number of nitrogens with one attached hydrogen (secondary N) is 1. The number of hydrogen-bond acceptors (Lipinski definition) is 5. The van der Waals surface area contributed by atoms with E-state index < -0.39 is 0 Å². The molecule has 1 aliphatic carbocycles. The summed E-state index contributed by atoms with van der Waals surface area (Å²) in [4.78, 5) is 21.7. The van der Waals surface area contributed by atoms with Gasteiger partial charge in [0, 0.05) is 17.4 Å². The molecule has 1 aliphatic rings. The maximum Gasteiger partial charge on any atom is 0.317 e. The third kappa shape index (κ3) is 4.32. The number of aromatic nitrogens is 2. The fourth-order valence-electron chi connectivity index (χ4n) is 3.03. The Balaban J connectivity index is 1.49. The Kier molecular flexibility index (Phi) is 5.14. The smallest absolute Gasteiger partial charge is 0.317 e. The first-order valence-corrected chi connectivity index (χ1v) is 9.22. The summed E-state index contributed by atoms with van der Waals surface area (Å²) in [7, 11) is 0. The number of hydrogen-bond donors (Lipinski definition) is 1. The Morgan fingerprint density at radius 2 is 1.79 bits per heavy atom. The first-order chi connectivity index (χ1) is 11.5. The second-order valence-corrected chi connectivity index (χ2v) is 7.40. The van der Waals surface area contributed by atoms with Gasteiger partial charge in [0.15, 0.2) is 0 Å². The highest BCUT2D eigenvalue weighted by molar-refractivity contribution is 7.12. The summed E-state index contributed by atoms with van der Waals surface area (Å²) in [5.41, 5.74) is 2.98. The van der Waals surface area contributed by atoms with Gasteiger partial charge in [0.2, 0.25) is 0 Å². The van der Waals surface area contributed by atoms with Crippen molar-refractivity contribution in [1.29, 1.82) is 0 Å². The first kappa shape index (κ1) is 16.9. The molecule has 2 aromatic rings. The molecule has 0 aliphatic heterocycles. The van der Waals surface area contributed by atoms with Gasteiger partial charge in [-0.25, -0.2) is 9.97 Å². The average molecular weight is 345 g/mol. The van der Waals surface area contributed by atoms with E-state index in [1.165, 1.54) is 11.3 Å². The molecule has 1 amide bonds. The molecule has 1 N–H and O–H groups in total. The average Bonchev–Trinajstić information content (AvgIpc) is 2.95. The van der Waals surface area contributed by atoms with E-state index in [1.54, 1.807) is 0 Å². The van der Waals surface area contributed by atoms with Gasteiger partial charge in [-0.15, -0.1) is 11.3 Å². The van der Waals surface area contributed by atoms with Crippen molar-refractivity contribution >= 4 is 17.2 Å². The number of aryl methyl sites for hydroxylation is 3. The zero-order valence-electron chi connectivity index (χ0n) is 14.3. The predicted octanol–water partition coefficient (Wildman–Crippen LogP) is 3.58. The van der Waals surface area contributed by atoms with Crippen molar-refractivity contribution in [3.8, 4) is 6.01 Å². The minimum absolute atomic E-state index is 0.0371. The fraction of sp³-hybridized carbons (Fsp3) is 0.500. The van der Waals surface area contributed by atoms with Gasteiger partial charge in [-0.1, -0.05) is 0 Å².